The molecule has 1 aromatic rings. The van der Waals surface area contributed by atoms with Crippen LogP contribution in [0.5, 0.6) is 11.5 Å². The third kappa shape index (κ3) is 4.60. The van der Waals surface area contributed by atoms with E-state index in [9.17, 15) is 10.2 Å². The van der Waals surface area contributed by atoms with E-state index >= 15 is 0 Å². The van der Waals surface area contributed by atoms with Crippen molar-refractivity contribution in [3.05, 3.63) is 23.8 Å². The van der Waals surface area contributed by atoms with E-state index in [1.54, 1.807) is 7.11 Å². The fraction of sp³-hybridized carbons (Fsp3) is 0.667. The Hall–Kier alpha value is -1.34. The smallest absolute Gasteiger partial charge is 0.127 e. The highest BCUT2D eigenvalue weighted by Gasteiger charge is 2.25. The first-order valence-corrected chi connectivity index (χ1v) is 8.74. The van der Waals surface area contributed by atoms with Crippen LogP contribution < -0.4 is 9.47 Å². The monoisotopic (exact) mass is 336 g/mol. The van der Waals surface area contributed by atoms with Gasteiger partial charge in [0.15, 0.2) is 0 Å². The maximum atomic E-state index is 10.2. The Balaban J connectivity index is 1.57. The van der Waals surface area contributed by atoms with E-state index in [1.165, 1.54) is 12.8 Å². The fourth-order valence-corrected chi connectivity index (χ4v) is 3.34. The molecule has 134 valence electrons. The van der Waals surface area contributed by atoms with Gasteiger partial charge in [-0.3, -0.25) is 4.90 Å². The summed E-state index contributed by atoms with van der Waals surface area (Å²) in [7, 11) is 1.63. The lowest BCUT2D eigenvalue weighted by atomic mass is 10.1. The first-order valence-electron chi connectivity index (χ1n) is 8.74. The van der Waals surface area contributed by atoms with Gasteiger partial charge < -0.3 is 24.6 Å². The van der Waals surface area contributed by atoms with Gasteiger partial charge in [0.2, 0.25) is 0 Å². The number of hydrogen-bond donors (Lipinski definition) is 2. The maximum absolute atomic E-state index is 10.2. The average Bonchev–Trinajstić information content (AvgIpc) is 3.05. The standard InChI is InChI=1S/C18H28N2O4/c1-23-17-5-4-14(9-20-10-15(21)11-20)18(8-17)24-13-16(22)12-19-6-2-3-7-19/h4-5,8,15-16,21-22H,2-3,6-7,9-13H2,1H3. The van der Waals surface area contributed by atoms with Crippen LogP contribution in [0.3, 0.4) is 0 Å². The van der Waals surface area contributed by atoms with Gasteiger partial charge in [-0.2, -0.15) is 0 Å². The molecule has 0 bridgehead atoms. The first-order chi connectivity index (χ1) is 11.6. The van der Waals surface area contributed by atoms with Crippen LogP contribution in [0.25, 0.3) is 0 Å². The van der Waals surface area contributed by atoms with Crippen molar-refractivity contribution in [1.29, 1.82) is 0 Å². The van der Waals surface area contributed by atoms with Crippen LogP contribution in [0.4, 0.5) is 0 Å². The molecule has 2 heterocycles. The van der Waals surface area contributed by atoms with Gasteiger partial charge in [0, 0.05) is 37.8 Å². The van der Waals surface area contributed by atoms with Crippen LogP contribution in [-0.4, -0.2) is 78.7 Å². The summed E-state index contributed by atoms with van der Waals surface area (Å²) in [4.78, 5) is 4.45. The molecule has 2 N–H and O–H groups in total. The van der Waals surface area contributed by atoms with Crippen LogP contribution in [0, 0.1) is 0 Å². The van der Waals surface area contributed by atoms with E-state index in [0.717, 1.165) is 36.7 Å². The second-order valence-electron chi connectivity index (χ2n) is 6.79. The van der Waals surface area contributed by atoms with E-state index in [-0.39, 0.29) is 12.7 Å². The van der Waals surface area contributed by atoms with Crippen LogP contribution in [0.2, 0.25) is 0 Å². The van der Waals surface area contributed by atoms with Gasteiger partial charge in [-0.15, -0.1) is 0 Å². The Labute approximate surface area is 143 Å². The van der Waals surface area contributed by atoms with Gasteiger partial charge in [0.25, 0.3) is 0 Å². The van der Waals surface area contributed by atoms with Gasteiger partial charge in [-0.1, -0.05) is 6.07 Å². The molecule has 1 atom stereocenters. The summed E-state index contributed by atoms with van der Waals surface area (Å²) < 4.78 is 11.2. The summed E-state index contributed by atoms with van der Waals surface area (Å²) in [6.45, 7) is 5.21. The predicted molar refractivity (Wildman–Crippen MR) is 91.5 cm³/mol. The number of β-amino-alcohol motifs (C(OH)–C–C–N with tert-alkyl or cyclic N) is 2. The Morgan fingerprint density at radius 3 is 2.62 bits per heavy atom. The van der Waals surface area contributed by atoms with Gasteiger partial charge in [-0.25, -0.2) is 0 Å². The number of aliphatic hydroxyl groups is 2. The Morgan fingerprint density at radius 2 is 1.96 bits per heavy atom. The number of nitrogens with zero attached hydrogens (tertiary/aromatic N) is 2. The summed E-state index contributed by atoms with van der Waals surface area (Å²) in [5, 5.41) is 19.6. The average molecular weight is 336 g/mol. The molecular formula is C18H28N2O4. The number of likely N-dealkylation sites (tertiary alicyclic amines) is 2. The minimum absolute atomic E-state index is 0.213. The zero-order valence-electron chi connectivity index (χ0n) is 14.4. The van der Waals surface area contributed by atoms with Gasteiger partial charge >= 0.3 is 0 Å². The second-order valence-corrected chi connectivity index (χ2v) is 6.79. The SMILES string of the molecule is COc1ccc(CN2CC(O)C2)c(OCC(O)CN2CCCC2)c1. The third-order valence-electron chi connectivity index (χ3n) is 4.71. The van der Waals surface area contributed by atoms with Crippen LogP contribution >= 0.6 is 0 Å². The molecule has 0 radical (unpaired) electrons. The lowest BCUT2D eigenvalue weighted by Gasteiger charge is -2.36. The van der Waals surface area contributed by atoms with E-state index < -0.39 is 6.10 Å². The van der Waals surface area contributed by atoms with Crippen molar-refractivity contribution in [3.8, 4) is 11.5 Å². The molecule has 2 fully saturated rings. The second kappa shape index (κ2) is 8.16. The largest absolute Gasteiger partial charge is 0.497 e. The summed E-state index contributed by atoms with van der Waals surface area (Å²) in [6.07, 6.45) is 1.73. The number of hydrogen-bond acceptors (Lipinski definition) is 6. The molecule has 0 spiro atoms. The summed E-state index contributed by atoms with van der Waals surface area (Å²) in [5.41, 5.74) is 1.05. The van der Waals surface area contributed by atoms with Crippen molar-refractivity contribution in [2.75, 3.05) is 46.4 Å². The van der Waals surface area contributed by atoms with Crippen molar-refractivity contribution in [3.63, 3.8) is 0 Å². The van der Waals surface area contributed by atoms with Crippen molar-refractivity contribution >= 4 is 0 Å². The zero-order chi connectivity index (χ0) is 16.9. The molecular weight excluding hydrogens is 308 g/mol. The Bertz CT molecular complexity index is 528. The fourth-order valence-electron chi connectivity index (χ4n) is 3.34. The van der Waals surface area contributed by atoms with E-state index in [4.69, 9.17) is 9.47 Å². The van der Waals surface area contributed by atoms with E-state index in [0.29, 0.717) is 19.6 Å². The van der Waals surface area contributed by atoms with Crippen LogP contribution in [0.15, 0.2) is 18.2 Å². The van der Waals surface area contributed by atoms with Crippen LogP contribution in [-0.2, 0) is 6.54 Å². The third-order valence-corrected chi connectivity index (χ3v) is 4.71. The molecule has 6 nitrogen and oxygen atoms in total. The zero-order valence-corrected chi connectivity index (χ0v) is 14.4. The number of benzene rings is 1. The van der Waals surface area contributed by atoms with Crippen molar-refractivity contribution in [1.82, 2.24) is 9.80 Å². The lowest BCUT2D eigenvalue weighted by Crippen LogP contribution is -2.49. The van der Waals surface area contributed by atoms with Gasteiger partial charge in [0.05, 0.1) is 13.2 Å². The molecule has 2 aliphatic heterocycles. The molecule has 0 amide bonds. The minimum Gasteiger partial charge on any atom is -0.497 e. The molecule has 3 rings (SSSR count). The molecule has 24 heavy (non-hydrogen) atoms. The van der Waals surface area contributed by atoms with E-state index in [1.807, 2.05) is 18.2 Å². The summed E-state index contributed by atoms with van der Waals surface area (Å²) in [5.74, 6) is 1.49. The van der Waals surface area contributed by atoms with Gasteiger partial charge in [0.1, 0.15) is 24.2 Å². The molecule has 1 aromatic carbocycles. The quantitative estimate of drug-likeness (QED) is 0.729. The molecule has 2 aliphatic rings. The highest BCUT2D eigenvalue weighted by atomic mass is 16.5. The number of aliphatic hydroxyl groups excluding tert-OH is 2. The van der Waals surface area contributed by atoms with Crippen molar-refractivity contribution < 1.29 is 19.7 Å². The number of ether oxygens (including phenoxy) is 2. The first kappa shape index (κ1) is 17.5. The van der Waals surface area contributed by atoms with Crippen molar-refractivity contribution in [2.45, 2.75) is 31.6 Å². The maximum Gasteiger partial charge on any atom is 0.127 e. The number of rotatable bonds is 8. The molecule has 0 saturated carbocycles. The normalized spacial score (nSPS) is 20.8. The highest BCUT2D eigenvalue weighted by molar-refractivity contribution is 5.41. The molecule has 0 aliphatic carbocycles. The Kier molecular flexibility index (Phi) is 5.94. The van der Waals surface area contributed by atoms with E-state index in [2.05, 4.69) is 9.80 Å². The predicted octanol–water partition coefficient (Wildman–Crippen LogP) is 0.707. The lowest BCUT2D eigenvalue weighted by molar-refractivity contribution is -0.00355. The number of methoxy groups -OCH3 is 1. The molecule has 2 saturated heterocycles. The van der Waals surface area contributed by atoms with Gasteiger partial charge in [-0.05, 0) is 32.0 Å². The van der Waals surface area contributed by atoms with Crippen molar-refractivity contribution in [2.24, 2.45) is 0 Å². The highest BCUT2D eigenvalue weighted by Crippen LogP contribution is 2.27. The summed E-state index contributed by atoms with van der Waals surface area (Å²) >= 11 is 0. The molecule has 0 aromatic heterocycles. The topological polar surface area (TPSA) is 65.4 Å². The molecule has 1 unspecified atom stereocenters. The minimum atomic E-state index is -0.493. The Morgan fingerprint density at radius 1 is 1.21 bits per heavy atom. The summed E-state index contributed by atoms with van der Waals surface area (Å²) in [6, 6.07) is 5.78. The van der Waals surface area contributed by atoms with Crippen LogP contribution in [0.1, 0.15) is 18.4 Å². The molecule has 6 heteroatoms.